The first-order chi connectivity index (χ1) is 12.8. The summed E-state index contributed by atoms with van der Waals surface area (Å²) in [5.41, 5.74) is 0.481. The summed E-state index contributed by atoms with van der Waals surface area (Å²) >= 11 is 6.09. The molecule has 1 atom stereocenters. The van der Waals surface area contributed by atoms with Crippen LogP contribution in [0.25, 0.3) is 0 Å². The van der Waals surface area contributed by atoms with Gasteiger partial charge in [0.2, 0.25) is 15.9 Å². The van der Waals surface area contributed by atoms with Crippen LogP contribution in [0.15, 0.2) is 18.2 Å². The van der Waals surface area contributed by atoms with Crippen LogP contribution in [0, 0.1) is 11.7 Å². The Hall–Kier alpha value is -0.930. The molecule has 2 aliphatic heterocycles. The van der Waals surface area contributed by atoms with Crippen molar-refractivity contribution in [1.29, 1.82) is 0 Å². The first-order valence-electron chi connectivity index (χ1n) is 9.15. The number of rotatable bonds is 4. The second kappa shape index (κ2) is 9.71. The second-order valence-corrected chi connectivity index (χ2v) is 9.65. The molecule has 2 saturated heterocycles. The number of hydrogen-bond donors (Lipinski definition) is 0. The Balaban J connectivity index is 0.00000280. The highest BCUT2D eigenvalue weighted by molar-refractivity contribution is 7.88. The van der Waals surface area contributed by atoms with Gasteiger partial charge in [0.25, 0.3) is 0 Å². The summed E-state index contributed by atoms with van der Waals surface area (Å²) in [4.78, 5) is 16.7. The zero-order valence-electron chi connectivity index (χ0n) is 15.8. The summed E-state index contributed by atoms with van der Waals surface area (Å²) in [5, 5.41) is 0.413. The van der Waals surface area contributed by atoms with Crippen LogP contribution in [0.3, 0.4) is 0 Å². The van der Waals surface area contributed by atoms with Gasteiger partial charge in [-0.15, -0.1) is 12.4 Å². The Labute approximate surface area is 177 Å². The van der Waals surface area contributed by atoms with Crippen molar-refractivity contribution in [2.75, 3.05) is 45.5 Å². The smallest absolute Gasteiger partial charge is 0.227 e. The van der Waals surface area contributed by atoms with E-state index in [9.17, 15) is 17.6 Å². The maximum Gasteiger partial charge on any atom is 0.227 e. The largest absolute Gasteiger partial charge is 0.340 e. The molecule has 2 fully saturated rings. The third-order valence-electron chi connectivity index (χ3n) is 5.33. The second-order valence-electron chi connectivity index (χ2n) is 7.26. The predicted molar refractivity (Wildman–Crippen MR) is 110 cm³/mol. The van der Waals surface area contributed by atoms with Crippen LogP contribution in [0.5, 0.6) is 0 Å². The number of amides is 1. The lowest BCUT2D eigenvalue weighted by atomic mass is 9.97. The van der Waals surface area contributed by atoms with Crippen molar-refractivity contribution in [3.63, 3.8) is 0 Å². The van der Waals surface area contributed by atoms with Crippen LogP contribution in [0.4, 0.5) is 4.39 Å². The number of carbonyl (C=O) groups excluding carboxylic acids is 1. The molecule has 6 nitrogen and oxygen atoms in total. The van der Waals surface area contributed by atoms with Crippen LogP contribution in [0.2, 0.25) is 5.02 Å². The highest BCUT2D eigenvalue weighted by atomic mass is 35.5. The average Bonchev–Trinajstić information content (AvgIpc) is 2.64. The Morgan fingerprint density at radius 3 is 2.50 bits per heavy atom. The van der Waals surface area contributed by atoms with Gasteiger partial charge >= 0.3 is 0 Å². The number of carbonyl (C=O) groups is 1. The molecule has 1 aromatic carbocycles. The van der Waals surface area contributed by atoms with E-state index in [0.29, 0.717) is 56.3 Å². The van der Waals surface area contributed by atoms with Crippen molar-refractivity contribution in [2.24, 2.45) is 5.92 Å². The molecule has 0 spiro atoms. The number of benzene rings is 1. The summed E-state index contributed by atoms with van der Waals surface area (Å²) in [7, 11) is -3.27. The first-order valence-corrected chi connectivity index (χ1v) is 11.4. The Morgan fingerprint density at radius 1 is 1.21 bits per heavy atom. The van der Waals surface area contributed by atoms with E-state index < -0.39 is 10.0 Å². The first kappa shape index (κ1) is 23.3. The Kier molecular flexibility index (Phi) is 8.10. The topological polar surface area (TPSA) is 60.9 Å². The quantitative estimate of drug-likeness (QED) is 0.700. The van der Waals surface area contributed by atoms with Gasteiger partial charge in [-0.25, -0.2) is 17.1 Å². The highest BCUT2D eigenvalue weighted by Crippen LogP contribution is 2.23. The fourth-order valence-corrected chi connectivity index (χ4v) is 4.87. The third kappa shape index (κ3) is 5.57. The summed E-state index contributed by atoms with van der Waals surface area (Å²) in [6.07, 6.45) is 2.61. The van der Waals surface area contributed by atoms with Gasteiger partial charge in [-0.3, -0.25) is 9.69 Å². The van der Waals surface area contributed by atoms with Crippen molar-refractivity contribution < 1.29 is 17.6 Å². The minimum atomic E-state index is -3.27. The molecule has 0 aliphatic carbocycles. The molecule has 2 heterocycles. The number of piperazine rings is 1. The van der Waals surface area contributed by atoms with Gasteiger partial charge in [0, 0.05) is 56.4 Å². The van der Waals surface area contributed by atoms with E-state index in [1.807, 2.05) is 0 Å². The summed E-state index contributed by atoms with van der Waals surface area (Å²) in [5.74, 6) is -0.572. The molecule has 0 N–H and O–H groups in total. The molecule has 1 unspecified atom stereocenters. The molecule has 0 saturated carbocycles. The molecule has 28 heavy (non-hydrogen) atoms. The number of piperidine rings is 1. The van der Waals surface area contributed by atoms with Gasteiger partial charge in [0.05, 0.1) is 12.2 Å². The Morgan fingerprint density at radius 2 is 1.89 bits per heavy atom. The predicted octanol–water partition coefficient (Wildman–Crippen LogP) is 2.22. The summed E-state index contributed by atoms with van der Waals surface area (Å²) < 4.78 is 38.9. The molecule has 1 amide bonds. The van der Waals surface area contributed by atoms with Crippen LogP contribution in [-0.4, -0.2) is 74.0 Å². The van der Waals surface area contributed by atoms with Crippen molar-refractivity contribution in [3.05, 3.63) is 34.6 Å². The van der Waals surface area contributed by atoms with E-state index in [0.717, 1.165) is 6.42 Å². The van der Waals surface area contributed by atoms with Crippen LogP contribution in [0.1, 0.15) is 18.4 Å². The molecule has 0 aromatic heterocycles. The minimum absolute atomic E-state index is 0. The molecule has 10 heteroatoms. The standard InChI is InChI=1S/C18H25ClFN3O3S.ClH/c1-27(25,26)23-7-3-4-14(12-23)18(24)22-10-8-21(9-11-22)13-15-16(19)5-2-6-17(15)20;/h2,5-6,14H,3-4,7-13H2,1H3;1H. The van der Waals surface area contributed by atoms with E-state index in [2.05, 4.69) is 4.90 Å². The fraction of sp³-hybridized carbons (Fsp3) is 0.611. The maximum absolute atomic E-state index is 14.0. The molecular formula is C18H26Cl2FN3O3S. The van der Waals surface area contributed by atoms with Gasteiger partial charge in [0.1, 0.15) is 5.82 Å². The zero-order valence-corrected chi connectivity index (χ0v) is 18.2. The van der Waals surface area contributed by atoms with Crippen molar-refractivity contribution in [2.45, 2.75) is 19.4 Å². The summed E-state index contributed by atoms with van der Waals surface area (Å²) in [6.45, 7) is 3.56. The molecule has 158 valence electrons. The van der Waals surface area contributed by atoms with E-state index in [4.69, 9.17) is 11.6 Å². The third-order valence-corrected chi connectivity index (χ3v) is 6.95. The number of hydrogen-bond acceptors (Lipinski definition) is 4. The molecule has 3 rings (SSSR count). The normalized spacial score (nSPS) is 22.0. The van der Waals surface area contributed by atoms with Gasteiger partial charge in [-0.1, -0.05) is 17.7 Å². The van der Waals surface area contributed by atoms with E-state index in [-0.39, 0.29) is 36.6 Å². The van der Waals surface area contributed by atoms with E-state index in [1.54, 1.807) is 17.0 Å². The van der Waals surface area contributed by atoms with Crippen molar-refractivity contribution in [3.8, 4) is 0 Å². The minimum Gasteiger partial charge on any atom is -0.340 e. The van der Waals surface area contributed by atoms with Crippen molar-refractivity contribution >= 4 is 39.9 Å². The number of sulfonamides is 1. The highest BCUT2D eigenvalue weighted by Gasteiger charge is 2.33. The van der Waals surface area contributed by atoms with Gasteiger partial charge in [-0.05, 0) is 25.0 Å². The van der Waals surface area contributed by atoms with Crippen LogP contribution in [-0.2, 0) is 21.4 Å². The number of nitrogens with zero attached hydrogens (tertiary/aromatic N) is 3. The van der Waals surface area contributed by atoms with Gasteiger partial charge in [0.15, 0.2) is 0 Å². The average molecular weight is 454 g/mol. The summed E-state index contributed by atoms with van der Waals surface area (Å²) in [6, 6.07) is 4.66. The van der Waals surface area contributed by atoms with Crippen LogP contribution < -0.4 is 0 Å². The van der Waals surface area contributed by atoms with E-state index in [1.165, 1.54) is 16.6 Å². The SMILES string of the molecule is CS(=O)(=O)N1CCCC(C(=O)N2CCN(Cc3c(F)cccc3Cl)CC2)C1.Cl. The van der Waals surface area contributed by atoms with E-state index >= 15 is 0 Å². The lowest BCUT2D eigenvalue weighted by Crippen LogP contribution is -2.52. The Bertz CT molecular complexity index is 781. The van der Waals surface area contributed by atoms with Gasteiger partial charge in [-0.2, -0.15) is 0 Å². The molecular weight excluding hydrogens is 428 g/mol. The zero-order chi connectivity index (χ0) is 19.6. The van der Waals surface area contributed by atoms with Crippen LogP contribution >= 0.6 is 24.0 Å². The molecule has 0 bridgehead atoms. The fourth-order valence-electron chi connectivity index (χ4n) is 3.74. The maximum atomic E-state index is 14.0. The number of halogens is 3. The van der Waals surface area contributed by atoms with Gasteiger partial charge < -0.3 is 4.90 Å². The molecule has 2 aliphatic rings. The monoisotopic (exact) mass is 453 g/mol. The molecule has 0 radical (unpaired) electrons. The van der Waals surface area contributed by atoms with Crippen molar-refractivity contribution in [1.82, 2.24) is 14.1 Å². The molecule has 1 aromatic rings. The lowest BCUT2D eigenvalue weighted by Gasteiger charge is -2.38. The lowest BCUT2D eigenvalue weighted by molar-refractivity contribution is -0.138.